The average Bonchev–Trinajstić information content (AvgIpc) is 3.19. The molecule has 1 aliphatic rings. The number of hydrogen-bond acceptors (Lipinski definition) is 4. The number of imidazole rings is 1. The number of aromatic nitrogens is 2. The fraction of sp³-hybridized carbons (Fsp3) is 0.400. The van der Waals surface area contributed by atoms with Gasteiger partial charge in [0, 0.05) is 6.42 Å². The number of rotatable bonds is 6. The molecule has 1 aromatic heterocycles. The maximum atomic E-state index is 14.2. The fourth-order valence-corrected chi connectivity index (χ4v) is 5.82. The van der Waals surface area contributed by atoms with Gasteiger partial charge in [-0.3, -0.25) is 4.79 Å². The summed E-state index contributed by atoms with van der Waals surface area (Å²) in [5, 5.41) is 9.86. The van der Waals surface area contributed by atoms with Gasteiger partial charge in [0.05, 0.1) is 29.9 Å². The first kappa shape index (κ1) is 22.5. The van der Waals surface area contributed by atoms with E-state index < -0.39 is 17.0 Å². The molecule has 0 aliphatic carbocycles. The molecule has 1 aliphatic heterocycles. The molecule has 32 heavy (non-hydrogen) atoms. The molecule has 1 unspecified atom stereocenters. The third kappa shape index (κ3) is 4.16. The van der Waals surface area contributed by atoms with Gasteiger partial charge in [0.15, 0.2) is 17.4 Å². The van der Waals surface area contributed by atoms with Gasteiger partial charge in [-0.05, 0) is 66.0 Å². The molecule has 166 valence electrons. The van der Waals surface area contributed by atoms with Gasteiger partial charge in [-0.15, -0.1) is 0 Å². The smallest absolute Gasteiger partial charge is 0.184 e. The number of hydrogen-bond donors (Lipinski definition) is 0. The molecule has 2 aromatic carbocycles. The Bertz CT molecular complexity index is 1210. The first-order valence-corrected chi connectivity index (χ1v) is 11.9. The largest absolute Gasteiger partial charge is 0.321 e. The third-order valence-electron chi connectivity index (χ3n) is 6.47. The Kier molecular flexibility index (Phi) is 6.34. The standard InChI is InChI=1S/C25H25F2N3OS/c1-16-11-18(25(14-28)7-9-32-10-8-25)3-4-20(16)17(2)12-19(31)13-30-15-29-22-6-5-21(26)23(27)24(22)30/h3-6,11,15,17H,7-10,12-13H2,1-2H3. The zero-order chi connectivity index (χ0) is 22.9. The number of aryl methyl sites for hydroxylation is 1. The summed E-state index contributed by atoms with van der Waals surface area (Å²) in [5.41, 5.74) is 3.10. The molecule has 1 fully saturated rings. The van der Waals surface area contributed by atoms with Gasteiger partial charge in [0.2, 0.25) is 0 Å². The number of Topliss-reactive ketones (excluding diaryl/α,β-unsaturated/α-hetero) is 1. The number of ketones is 1. The highest BCUT2D eigenvalue weighted by atomic mass is 32.2. The number of thioether (sulfide) groups is 1. The van der Waals surface area contributed by atoms with Crippen molar-refractivity contribution in [3.05, 3.63) is 65.0 Å². The summed E-state index contributed by atoms with van der Waals surface area (Å²) >= 11 is 1.89. The lowest BCUT2D eigenvalue weighted by molar-refractivity contribution is -0.119. The Morgan fingerprint density at radius 2 is 2.03 bits per heavy atom. The Labute approximate surface area is 190 Å². The van der Waals surface area contributed by atoms with E-state index >= 15 is 0 Å². The summed E-state index contributed by atoms with van der Waals surface area (Å²) in [6.07, 6.45) is 3.37. The summed E-state index contributed by atoms with van der Waals surface area (Å²) in [6.45, 7) is 3.95. The molecule has 3 aromatic rings. The van der Waals surface area contributed by atoms with Crippen molar-refractivity contribution in [3.8, 4) is 6.07 Å². The van der Waals surface area contributed by atoms with Gasteiger partial charge in [0.1, 0.15) is 5.52 Å². The monoisotopic (exact) mass is 453 g/mol. The van der Waals surface area contributed by atoms with Gasteiger partial charge in [-0.25, -0.2) is 13.8 Å². The number of benzene rings is 2. The van der Waals surface area contributed by atoms with Gasteiger partial charge in [-0.1, -0.05) is 25.1 Å². The lowest BCUT2D eigenvalue weighted by atomic mass is 9.75. The lowest BCUT2D eigenvalue weighted by Gasteiger charge is -2.31. The van der Waals surface area contributed by atoms with Crippen molar-refractivity contribution in [2.45, 2.75) is 51.0 Å². The van der Waals surface area contributed by atoms with Crippen molar-refractivity contribution in [2.24, 2.45) is 0 Å². The van der Waals surface area contributed by atoms with E-state index in [1.54, 1.807) is 0 Å². The Balaban J connectivity index is 1.49. The SMILES string of the molecule is Cc1cc(C2(C#N)CCSCC2)ccc1C(C)CC(=O)Cn1cnc2ccc(F)c(F)c21. The minimum absolute atomic E-state index is 0.0129. The molecule has 0 spiro atoms. The highest BCUT2D eigenvalue weighted by molar-refractivity contribution is 7.99. The van der Waals surface area contributed by atoms with Crippen LogP contribution in [-0.2, 0) is 16.8 Å². The van der Waals surface area contributed by atoms with Crippen molar-refractivity contribution in [3.63, 3.8) is 0 Å². The summed E-state index contributed by atoms with van der Waals surface area (Å²) in [6, 6.07) is 11.2. The van der Waals surface area contributed by atoms with Crippen LogP contribution < -0.4 is 0 Å². The Hall–Kier alpha value is -2.72. The van der Waals surface area contributed by atoms with Crippen LogP contribution in [0.1, 0.15) is 48.8 Å². The van der Waals surface area contributed by atoms with Crippen molar-refractivity contribution in [2.75, 3.05) is 11.5 Å². The number of carbonyl (C=O) groups is 1. The van der Waals surface area contributed by atoms with Gasteiger partial charge >= 0.3 is 0 Å². The molecule has 1 saturated heterocycles. The summed E-state index contributed by atoms with van der Waals surface area (Å²) < 4.78 is 29.2. The second kappa shape index (κ2) is 9.03. The van der Waals surface area contributed by atoms with Crippen LogP contribution in [0.2, 0.25) is 0 Å². The quantitative estimate of drug-likeness (QED) is 0.482. The van der Waals surface area contributed by atoms with Crippen molar-refractivity contribution in [1.82, 2.24) is 9.55 Å². The number of halogens is 2. The van der Waals surface area contributed by atoms with E-state index in [2.05, 4.69) is 17.1 Å². The predicted octanol–water partition coefficient (Wildman–Crippen LogP) is 5.67. The van der Waals surface area contributed by atoms with E-state index in [4.69, 9.17) is 0 Å². The fourth-order valence-electron chi connectivity index (χ4n) is 4.63. The van der Waals surface area contributed by atoms with Gasteiger partial charge in [0.25, 0.3) is 0 Å². The highest BCUT2D eigenvalue weighted by Crippen LogP contribution is 2.39. The van der Waals surface area contributed by atoms with Crippen LogP contribution in [0.5, 0.6) is 0 Å². The Morgan fingerprint density at radius 3 is 2.72 bits per heavy atom. The maximum absolute atomic E-state index is 14.2. The maximum Gasteiger partial charge on any atom is 0.184 e. The zero-order valence-corrected chi connectivity index (χ0v) is 19.0. The molecule has 0 amide bonds. The van der Waals surface area contributed by atoms with Crippen molar-refractivity contribution >= 4 is 28.6 Å². The van der Waals surface area contributed by atoms with Crippen LogP contribution in [0, 0.1) is 29.9 Å². The van der Waals surface area contributed by atoms with Gasteiger partial charge in [-0.2, -0.15) is 17.0 Å². The van der Waals surface area contributed by atoms with E-state index in [1.807, 2.05) is 37.7 Å². The summed E-state index contributed by atoms with van der Waals surface area (Å²) in [4.78, 5) is 16.8. The second-order valence-corrected chi connectivity index (χ2v) is 9.85. The van der Waals surface area contributed by atoms with E-state index in [0.717, 1.165) is 47.1 Å². The van der Waals surface area contributed by atoms with E-state index in [9.17, 15) is 18.8 Å². The van der Waals surface area contributed by atoms with Crippen LogP contribution in [0.4, 0.5) is 8.78 Å². The Morgan fingerprint density at radius 1 is 1.28 bits per heavy atom. The minimum atomic E-state index is -0.986. The number of nitrogens with zero attached hydrogens (tertiary/aromatic N) is 3. The molecular weight excluding hydrogens is 428 g/mol. The van der Waals surface area contributed by atoms with E-state index in [1.165, 1.54) is 17.0 Å². The van der Waals surface area contributed by atoms with E-state index in [-0.39, 0.29) is 30.2 Å². The summed E-state index contributed by atoms with van der Waals surface area (Å²) in [5.74, 6) is -0.0729. The average molecular weight is 454 g/mol. The first-order chi connectivity index (χ1) is 15.3. The second-order valence-electron chi connectivity index (χ2n) is 8.62. The van der Waals surface area contributed by atoms with Crippen LogP contribution in [0.25, 0.3) is 11.0 Å². The molecule has 0 bridgehead atoms. The molecule has 4 rings (SSSR count). The topological polar surface area (TPSA) is 58.7 Å². The number of nitriles is 1. The minimum Gasteiger partial charge on any atom is -0.321 e. The van der Waals surface area contributed by atoms with Crippen LogP contribution in [0.3, 0.4) is 0 Å². The predicted molar refractivity (Wildman–Crippen MR) is 123 cm³/mol. The molecule has 2 heterocycles. The molecule has 7 heteroatoms. The molecule has 4 nitrogen and oxygen atoms in total. The van der Waals surface area contributed by atoms with Gasteiger partial charge < -0.3 is 4.57 Å². The van der Waals surface area contributed by atoms with Crippen LogP contribution >= 0.6 is 11.8 Å². The van der Waals surface area contributed by atoms with Crippen LogP contribution in [0.15, 0.2) is 36.7 Å². The zero-order valence-electron chi connectivity index (χ0n) is 18.2. The molecule has 0 saturated carbocycles. The van der Waals surface area contributed by atoms with Crippen molar-refractivity contribution < 1.29 is 13.6 Å². The first-order valence-electron chi connectivity index (χ1n) is 10.8. The molecule has 0 N–H and O–H groups in total. The van der Waals surface area contributed by atoms with E-state index in [0.29, 0.717) is 5.52 Å². The number of carbonyl (C=O) groups excluding carboxylic acids is 1. The normalized spacial score (nSPS) is 16.6. The molecular formula is C25H25F2N3OS. The lowest BCUT2D eigenvalue weighted by Crippen LogP contribution is -2.29. The third-order valence-corrected chi connectivity index (χ3v) is 7.45. The van der Waals surface area contributed by atoms with Crippen molar-refractivity contribution in [1.29, 1.82) is 5.26 Å². The van der Waals surface area contributed by atoms with Crippen LogP contribution in [-0.4, -0.2) is 26.8 Å². The molecule has 1 atom stereocenters. The molecule has 0 radical (unpaired) electrons. The summed E-state index contributed by atoms with van der Waals surface area (Å²) in [7, 11) is 0. The highest BCUT2D eigenvalue weighted by Gasteiger charge is 2.34. The number of fused-ring (bicyclic) bond motifs is 1.